The van der Waals surface area contributed by atoms with Crippen LogP contribution >= 0.6 is 0 Å². The van der Waals surface area contributed by atoms with E-state index in [4.69, 9.17) is 0 Å². The van der Waals surface area contributed by atoms with Crippen molar-refractivity contribution in [3.05, 3.63) is 0 Å². The molecule has 2 N–H and O–H groups in total. The average Bonchev–Trinajstić information content (AvgIpc) is 2.39. The lowest BCUT2D eigenvalue weighted by Crippen LogP contribution is -2.32. The third kappa shape index (κ3) is 5.36. The Balaban J connectivity index is 3.07. The predicted octanol–water partition coefficient (Wildman–Crippen LogP) is 3.14. The van der Waals surface area contributed by atoms with Gasteiger partial charge < -0.3 is 15.5 Å². The van der Waals surface area contributed by atoms with Crippen LogP contribution < -0.4 is 15.5 Å². The Bertz CT molecular complexity index is 428. The number of nitrogens with zero attached hydrogens (tertiary/aromatic N) is 4. The number of aromatic nitrogens is 3. The van der Waals surface area contributed by atoms with Crippen LogP contribution in [-0.4, -0.2) is 40.1 Å². The van der Waals surface area contributed by atoms with Crippen LogP contribution in [0.2, 0.25) is 0 Å². The molecule has 0 saturated carbocycles. The highest BCUT2D eigenvalue weighted by Crippen LogP contribution is 2.19. The summed E-state index contributed by atoms with van der Waals surface area (Å²) in [5.41, 5.74) is -0.0277. The molecule has 0 saturated heterocycles. The lowest BCUT2D eigenvalue weighted by Gasteiger charge is -2.27. The van der Waals surface area contributed by atoms with Gasteiger partial charge in [0.05, 0.1) is 0 Å². The second-order valence-corrected chi connectivity index (χ2v) is 5.74. The Labute approximate surface area is 128 Å². The normalized spacial score (nSPS) is 11.3. The number of nitrogens with one attached hydrogen (secondary N) is 2. The Morgan fingerprint density at radius 3 is 2.10 bits per heavy atom. The minimum Gasteiger partial charge on any atom is -0.354 e. The molecule has 0 radical (unpaired) electrons. The van der Waals surface area contributed by atoms with Crippen LogP contribution in [0.1, 0.15) is 54.4 Å². The Morgan fingerprint density at radius 2 is 1.57 bits per heavy atom. The summed E-state index contributed by atoms with van der Waals surface area (Å²) in [7, 11) is 0. The highest BCUT2D eigenvalue weighted by Gasteiger charge is 2.19. The van der Waals surface area contributed by atoms with Gasteiger partial charge in [-0.2, -0.15) is 15.0 Å². The minimum atomic E-state index is -0.0277. The van der Waals surface area contributed by atoms with E-state index in [9.17, 15) is 0 Å². The number of rotatable bonds is 9. The smallest absolute Gasteiger partial charge is 0.231 e. The summed E-state index contributed by atoms with van der Waals surface area (Å²) in [6.45, 7) is 15.3. The first-order valence-electron chi connectivity index (χ1n) is 7.98. The first kappa shape index (κ1) is 17.5. The van der Waals surface area contributed by atoms with Crippen LogP contribution in [0.5, 0.6) is 0 Å². The van der Waals surface area contributed by atoms with E-state index in [0.717, 1.165) is 38.4 Å². The monoisotopic (exact) mass is 294 g/mol. The van der Waals surface area contributed by atoms with Gasteiger partial charge >= 0.3 is 0 Å². The van der Waals surface area contributed by atoms with Crippen molar-refractivity contribution >= 4 is 17.8 Å². The third-order valence-corrected chi connectivity index (χ3v) is 3.33. The van der Waals surface area contributed by atoms with Gasteiger partial charge in [-0.3, -0.25) is 0 Å². The van der Waals surface area contributed by atoms with Gasteiger partial charge in [-0.15, -0.1) is 0 Å². The fourth-order valence-electron chi connectivity index (χ4n) is 2.30. The standard InChI is InChI=1S/C15H30N6/c1-7-11-15(5,6)20-13-17-12(16-8-2)18-14(19-13)21(9-3)10-4/h7-11H2,1-6H3,(H2,16,17,18,19,20). The highest BCUT2D eigenvalue weighted by atomic mass is 15.3. The van der Waals surface area contributed by atoms with Gasteiger partial charge in [0.25, 0.3) is 0 Å². The average molecular weight is 294 g/mol. The van der Waals surface area contributed by atoms with E-state index in [1.54, 1.807) is 0 Å². The van der Waals surface area contributed by atoms with E-state index in [0.29, 0.717) is 11.9 Å². The molecule has 0 aromatic carbocycles. The van der Waals surface area contributed by atoms with Crippen LogP contribution in [0, 0.1) is 0 Å². The van der Waals surface area contributed by atoms with Crippen molar-refractivity contribution in [3.63, 3.8) is 0 Å². The fourth-order valence-corrected chi connectivity index (χ4v) is 2.30. The van der Waals surface area contributed by atoms with Gasteiger partial charge in [0.2, 0.25) is 17.8 Å². The van der Waals surface area contributed by atoms with Gasteiger partial charge in [-0.25, -0.2) is 0 Å². The predicted molar refractivity (Wildman–Crippen MR) is 90.2 cm³/mol. The highest BCUT2D eigenvalue weighted by molar-refractivity contribution is 5.44. The van der Waals surface area contributed by atoms with E-state index >= 15 is 0 Å². The number of anilines is 3. The van der Waals surface area contributed by atoms with Crippen LogP contribution in [0.4, 0.5) is 17.8 Å². The van der Waals surface area contributed by atoms with Crippen LogP contribution in [0.3, 0.4) is 0 Å². The zero-order chi connectivity index (χ0) is 15.9. The van der Waals surface area contributed by atoms with Gasteiger partial charge in [-0.05, 0) is 41.0 Å². The Kier molecular flexibility index (Phi) is 6.65. The molecule has 1 aromatic rings. The van der Waals surface area contributed by atoms with E-state index < -0.39 is 0 Å². The molecule has 120 valence electrons. The van der Waals surface area contributed by atoms with Gasteiger partial charge in [-0.1, -0.05) is 13.3 Å². The molecule has 0 atom stereocenters. The molecule has 0 aliphatic rings. The third-order valence-electron chi connectivity index (χ3n) is 3.33. The maximum Gasteiger partial charge on any atom is 0.231 e. The molecule has 0 spiro atoms. The summed E-state index contributed by atoms with van der Waals surface area (Å²) in [6, 6.07) is 0. The molecule has 0 fully saturated rings. The first-order valence-corrected chi connectivity index (χ1v) is 7.98. The molecule has 0 aliphatic carbocycles. The second kappa shape index (κ2) is 8.00. The van der Waals surface area contributed by atoms with Crippen LogP contribution in [-0.2, 0) is 0 Å². The van der Waals surface area contributed by atoms with Gasteiger partial charge in [0.15, 0.2) is 0 Å². The van der Waals surface area contributed by atoms with Crippen molar-refractivity contribution in [3.8, 4) is 0 Å². The minimum absolute atomic E-state index is 0.0277. The number of hydrogen-bond acceptors (Lipinski definition) is 6. The lowest BCUT2D eigenvalue weighted by molar-refractivity contribution is 0.506. The molecule has 0 amide bonds. The fraction of sp³-hybridized carbons (Fsp3) is 0.800. The zero-order valence-electron chi connectivity index (χ0n) is 14.3. The van der Waals surface area contributed by atoms with Crippen molar-refractivity contribution in [1.29, 1.82) is 0 Å². The topological polar surface area (TPSA) is 66.0 Å². The maximum atomic E-state index is 4.58. The number of hydrogen-bond donors (Lipinski definition) is 2. The lowest BCUT2D eigenvalue weighted by atomic mass is 9.99. The summed E-state index contributed by atoms with van der Waals surface area (Å²) in [4.78, 5) is 15.7. The Hall–Kier alpha value is -1.59. The molecular weight excluding hydrogens is 264 g/mol. The SMILES string of the molecule is CCCC(C)(C)Nc1nc(NCC)nc(N(CC)CC)n1. The van der Waals surface area contributed by atoms with Crippen molar-refractivity contribution in [2.45, 2.75) is 59.9 Å². The van der Waals surface area contributed by atoms with Crippen molar-refractivity contribution in [1.82, 2.24) is 15.0 Å². The second-order valence-electron chi connectivity index (χ2n) is 5.74. The van der Waals surface area contributed by atoms with Crippen LogP contribution in [0.25, 0.3) is 0 Å². The summed E-state index contributed by atoms with van der Waals surface area (Å²) in [6.07, 6.45) is 2.18. The molecule has 0 aliphatic heterocycles. The summed E-state index contributed by atoms with van der Waals surface area (Å²) < 4.78 is 0. The van der Waals surface area contributed by atoms with Crippen LogP contribution in [0.15, 0.2) is 0 Å². The Morgan fingerprint density at radius 1 is 0.952 bits per heavy atom. The van der Waals surface area contributed by atoms with Gasteiger partial charge in [0.1, 0.15) is 0 Å². The summed E-state index contributed by atoms with van der Waals surface area (Å²) in [5, 5.41) is 6.61. The van der Waals surface area contributed by atoms with Crippen molar-refractivity contribution < 1.29 is 0 Å². The van der Waals surface area contributed by atoms with Crippen molar-refractivity contribution in [2.75, 3.05) is 35.2 Å². The van der Waals surface area contributed by atoms with E-state index in [1.165, 1.54) is 0 Å². The summed E-state index contributed by atoms with van der Waals surface area (Å²) in [5.74, 6) is 1.99. The molecule has 0 unspecified atom stereocenters. The molecule has 1 rings (SSSR count). The van der Waals surface area contributed by atoms with Crippen molar-refractivity contribution in [2.24, 2.45) is 0 Å². The maximum absolute atomic E-state index is 4.58. The van der Waals surface area contributed by atoms with Gasteiger partial charge in [0, 0.05) is 25.2 Å². The molecule has 21 heavy (non-hydrogen) atoms. The molecule has 0 bridgehead atoms. The van der Waals surface area contributed by atoms with E-state index in [2.05, 4.69) is 65.1 Å². The van der Waals surface area contributed by atoms with E-state index in [-0.39, 0.29) is 5.54 Å². The van der Waals surface area contributed by atoms with E-state index in [1.807, 2.05) is 6.92 Å². The quantitative estimate of drug-likeness (QED) is 0.729. The first-order chi connectivity index (χ1) is 9.95. The molecule has 6 nitrogen and oxygen atoms in total. The molecular formula is C15H30N6. The largest absolute Gasteiger partial charge is 0.354 e. The molecule has 6 heteroatoms. The summed E-state index contributed by atoms with van der Waals surface area (Å²) >= 11 is 0. The molecule has 1 heterocycles. The molecule has 1 aromatic heterocycles. The zero-order valence-corrected chi connectivity index (χ0v) is 14.3.